The molecule has 2 aliphatic heterocycles. The van der Waals surface area contributed by atoms with Crippen LogP contribution in [-0.2, 0) is 5.66 Å². The largest absolute Gasteiger partial charge is 0.453 e. The van der Waals surface area contributed by atoms with E-state index >= 15 is 0 Å². The molecule has 2 aliphatic rings. The molecule has 1 atom stereocenters. The number of nitrogens with one attached hydrogen (secondary N) is 1. The number of alkyl halides is 3. The van der Waals surface area contributed by atoms with Crippen LogP contribution in [0, 0.1) is 11.6 Å². The molecular weight excluding hydrogens is 437 g/mol. The number of fused-ring (bicyclic) bond motifs is 2. The summed E-state index contributed by atoms with van der Waals surface area (Å²) in [6, 6.07) is 6.69. The van der Waals surface area contributed by atoms with E-state index in [1.807, 2.05) is 0 Å². The molecule has 0 saturated heterocycles. The molecule has 3 aromatic rings. The molecule has 1 unspecified atom stereocenters. The summed E-state index contributed by atoms with van der Waals surface area (Å²) in [5, 5.41) is 5.91. The van der Waals surface area contributed by atoms with Gasteiger partial charge in [-0.3, -0.25) is 4.79 Å². The predicted molar refractivity (Wildman–Crippen MR) is 103 cm³/mol. The van der Waals surface area contributed by atoms with Crippen LogP contribution in [0.1, 0.15) is 0 Å². The number of halogens is 5. The predicted octanol–water partition coefficient (Wildman–Crippen LogP) is 3.96. The highest BCUT2D eigenvalue weighted by atomic mass is 19.4. The molecule has 2 aromatic carbocycles. The van der Waals surface area contributed by atoms with Gasteiger partial charge in [0.15, 0.2) is 11.6 Å². The minimum absolute atomic E-state index is 0.0403. The number of ether oxygens (including phenoxy) is 2. The van der Waals surface area contributed by atoms with Gasteiger partial charge in [0.1, 0.15) is 5.69 Å². The summed E-state index contributed by atoms with van der Waals surface area (Å²) in [6.45, 7) is -0.346. The molecule has 11 heteroatoms. The summed E-state index contributed by atoms with van der Waals surface area (Å²) in [5.74, 6) is -3.35. The standard InChI is InChI=1S/C21H12F5N3O3/c22-15-13(9-14-18(16(15)23)32-10-31-14)17-11-5-1-2-6-12(11)19(30)29(28-17)20(21(24,25)26)7-3-4-8-27-20/h1-9,27H,10H2. The van der Waals surface area contributed by atoms with Crippen molar-refractivity contribution < 1.29 is 31.4 Å². The van der Waals surface area contributed by atoms with E-state index in [2.05, 4.69) is 10.4 Å². The topological polar surface area (TPSA) is 65.4 Å². The molecular formula is C21H12F5N3O3. The zero-order valence-corrected chi connectivity index (χ0v) is 15.9. The molecule has 164 valence electrons. The second kappa shape index (κ2) is 6.81. The number of hydrogen-bond donors (Lipinski definition) is 1. The minimum atomic E-state index is -5.01. The van der Waals surface area contributed by atoms with E-state index in [0.717, 1.165) is 24.4 Å². The second-order valence-electron chi connectivity index (χ2n) is 7.02. The average molecular weight is 449 g/mol. The van der Waals surface area contributed by atoms with E-state index in [1.165, 1.54) is 30.3 Å². The monoisotopic (exact) mass is 449 g/mol. The van der Waals surface area contributed by atoms with E-state index in [4.69, 9.17) is 9.47 Å². The normalized spacial score (nSPS) is 19.4. The molecule has 1 N–H and O–H groups in total. The number of benzene rings is 2. The number of aromatic nitrogens is 2. The third-order valence-electron chi connectivity index (χ3n) is 5.22. The Hall–Kier alpha value is -3.89. The zero-order valence-electron chi connectivity index (χ0n) is 15.9. The summed E-state index contributed by atoms with van der Waals surface area (Å²) in [7, 11) is 0. The maximum absolute atomic E-state index is 15.0. The van der Waals surface area contributed by atoms with Gasteiger partial charge in [-0.1, -0.05) is 24.3 Å². The molecule has 0 fully saturated rings. The molecule has 6 nitrogen and oxygen atoms in total. The first kappa shape index (κ1) is 20.0. The summed E-state index contributed by atoms with van der Waals surface area (Å²) < 4.78 is 82.3. The van der Waals surface area contributed by atoms with Crippen molar-refractivity contribution in [1.29, 1.82) is 0 Å². The molecule has 1 aromatic heterocycles. The Morgan fingerprint density at radius 3 is 2.50 bits per heavy atom. The van der Waals surface area contributed by atoms with Gasteiger partial charge in [-0.05, 0) is 30.5 Å². The summed E-state index contributed by atoms with van der Waals surface area (Å²) in [5.41, 5.74) is -4.97. The van der Waals surface area contributed by atoms with Crippen molar-refractivity contribution in [2.75, 3.05) is 6.79 Å². The van der Waals surface area contributed by atoms with Crippen molar-refractivity contribution in [2.45, 2.75) is 11.8 Å². The fraction of sp³-hybridized carbons (Fsp3) is 0.143. The van der Waals surface area contributed by atoms with Crippen molar-refractivity contribution in [1.82, 2.24) is 15.1 Å². The molecule has 5 rings (SSSR count). The molecule has 32 heavy (non-hydrogen) atoms. The Labute approximate surface area is 176 Å². The van der Waals surface area contributed by atoms with Gasteiger partial charge in [0.2, 0.25) is 18.4 Å². The smallest absolute Gasteiger partial charge is 0.436 e. The Bertz CT molecular complexity index is 1380. The van der Waals surface area contributed by atoms with E-state index in [1.54, 1.807) is 0 Å². The van der Waals surface area contributed by atoms with Crippen molar-refractivity contribution in [3.05, 3.63) is 76.7 Å². The number of allylic oxidation sites excluding steroid dienone is 2. The Kier molecular flexibility index (Phi) is 4.26. The highest BCUT2D eigenvalue weighted by molar-refractivity contribution is 5.94. The lowest BCUT2D eigenvalue weighted by atomic mass is 10.0. The van der Waals surface area contributed by atoms with Crippen LogP contribution in [0.3, 0.4) is 0 Å². The van der Waals surface area contributed by atoms with Crippen LogP contribution >= 0.6 is 0 Å². The van der Waals surface area contributed by atoms with Gasteiger partial charge in [-0.2, -0.15) is 27.3 Å². The van der Waals surface area contributed by atoms with Crippen LogP contribution in [0.2, 0.25) is 0 Å². The number of rotatable bonds is 2. The van der Waals surface area contributed by atoms with Crippen LogP contribution in [0.4, 0.5) is 22.0 Å². The first-order chi connectivity index (χ1) is 15.2. The van der Waals surface area contributed by atoms with Gasteiger partial charge < -0.3 is 14.8 Å². The molecule has 0 aliphatic carbocycles. The lowest BCUT2D eigenvalue weighted by molar-refractivity contribution is -0.209. The fourth-order valence-corrected chi connectivity index (χ4v) is 3.68. The van der Waals surface area contributed by atoms with Gasteiger partial charge in [-0.15, -0.1) is 0 Å². The minimum Gasteiger partial charge on any atom is -0.453 e. The molecule has 0 radical (unpaired) electrons. The molecule has 0 amide bonds. The van der Waals surface area contributed by atoms with Crippen LogP contribution in [0.15, 0.2) is 59.6 Å². The molecule has 3 heterocycles. The average Bonchev–Trinajstić information content (AvgIpc) is 3.25. The zero-order chi connectivity index (χ0) is 22.7. The van der Waals surface area contributed by atoms with E-state index in [-0.39, 0.29) is 33.7 Å². The lowest BCUT2D eigenvalue weighted by Crippen LogP contribution is -2.60. The maximum Gasteiger partial charge on any atom is 0.436 e. The highest BCUT2D eigenvalue weighted by Gasteiger charge is 2.57. The number of dihydropyridines is 1. The fourth-order valence-electron chi connectivity index (χ4n) is 3.68. The van der Waals surface area contributed by atoms with E-state index in [9.17, 15) is 26.7 Å². The van der Waals surface area contributed by atoms with Crippen LogP contribution < -0.4 is 20.3 Å². The number of nitrogens with zero attached hydrogens (tertiary/aromatic N) is 2. The van der Waals surface area contributed by atoms with Crippen molar-refractivity contribution in [2.24, 2.45) is 0 Å². The first-order valence-corrected chi connectivity index (χ1v) is 9.24. The van der Waals surface area contributed by atoms with Crippen LogP contribution in [0.5, 0.6) is 11.5 Å². The quantitative estimate of drug-likeness (QED) is 0.601. The lowest BCUT2D eigenvalue weighted by Gasteiger charge is -2.35. The SMILES string of the molecule is O=c1c2ccccc2c(-c2cc3c(c(F)c2F)OCO3)nn1C1(C(F)(F)F)C=CC=CN1. The van der Waals surface area contributed by atoms with Gasteiger partial charge in [0, 0.05) is 10.9 Å². The molecule has 0 bridgehead atoms. The Balaban J connectivity index is 1.88. The highest BCUT2D eigenvalue weighted by Crippen LogP contribution is 2.42. The summed E-state index contributed by atoms with van der Waals surface area (Å²) in [6.07, 6.45) is -0.866. The first-order valence-electron chi connectivity index (χ1n) is 9.24. The molecule has 0 saturated carbocycles. The van der Waals surface area contributed by atoms with Crippen molar-refractivity contribution in [3.8, 4) is 22.8 Å². The van der Waals surface area contributed by atoms with Gasteiger partial charge in [0.05, 0.1) is 5.39 Å². The third-order valence-corrected chi connectivity index (χ3v) is 5.22. The molecule has 0 spiro atoms. The van der Waals surface area contributed by atoms with Crippen LogP contribution in [0.25, 0.3) is 22.0 Å². The van der Waals surface area contributed by atoms with Gasteiger partial charge in [0.25, 0.3) is 11.2 Å². The summed E-state index contributed by atoms with van der Waals surface area (Å²) >= 11 is 0. The maximum atomic E-state index is 15.0. The van der Waals surface area contributed by atoms with Gasteiger partial charge in [-0.25, -0.2) is 4.39 Å². The Morgan fingerprint density at radius 2 is 1.81 bits per heavy atom. The van der Waals surface area contributed by atoms with Crippen LogP contribution in [-0.4, -0.2) is 22.7 Å². The number of hydrogen-bond acceptors (Lipinski definition) is 5. The Morgan fingerprint density at radius 1 is 1.06 bits per heavy atom. The second-order valence-corrected chi connectivity index (χ2v) is 7.02. The summed E-state index contributed by atoms with van der Waals surface area (Å²) in [4.78, 5) is 13.1. The van der Waals surface area contributed by atoms with Crippen molar-refractivity contribution >= 4 is 10.8 Å². The van der Waals surface area contributed by atoms with Gasteiger partial charge >= 0.3 is 6.18 Å². The van der Waals surface area contributed by atoms with E-state index in [0.29, 0.717) is 0 Å². The third kappa shape index (κ3) is 2.70. The van der Waals surface area contributed by atoms with Crippen molar-refractivity contribution in [3.63, 3.8) is 0 Å². The van der Waals surface area contributed by atoms with E-state index < -0.39 is 40.3 Å².